The van der Waals surface area contributed by atoms with Crippen LogP contribution in [0.25, 0.3) is 0 Å². The minimum absolute atomic E-state index is 0.0460. The standard InChI is InChI=1S/C21H30N2O5/c1-7-27-19(25)17-13-22(20(26)28-21(4,5)6)11-12-23(17)18(24)16-10-8-9-14(2)15(16)3/h8-10,17H,7,11-13H2,1-6H3/t17-/m0/s1. The molecular weight excluding hydrogens is 360 g/mol. The molecule has 1 aliphatic rings. The molecule has 1 saturated heterocycles. The minimum atomic E-state index is -0.867. The summed E-state index contributed by atoms with van der Waals surface area (Å²) in [6.45, 7) is 11.7. The number of benzene rings is 1. The van der Waals surface area contributed by atoms with E-state index in [9.17, 15) is 14.4 Å². The lowest BCUT2D eigenvalue weighted by Crippen LogP contribution is -2.60. The second-order valence-electron chi connectivity index (χ2n) is 7.94. The number of nitrogens with zero attached hydrogens (tertiary/aromatic N) is 2. The molecule has 1 heterocycles. The Balaban J connectivity index is 2.26. The number of hydrogen-bond acceptors (Lipinski definition) is 5. The van der Waals surface area contributed by atoms with E-state index in [1.807, 2.05) is 26.0 Å². The molecule has 0 aromatic heterocycles. The average Bonchev–Trinajstić information content (AvgIpc) is 2.61. The summed E-state index contributed by atoms with van der Waals surface area (Å²) in [6.07, 6.45) is -0.499. The summed E-state index contributed by atoms with van der Waals surface area (Å²) in [6, 6.07) is 4.66. The number of aryl methyl sites for hydroxylation is 1. The van der Waals surface area contributed by atoms with Crippen LogP contribution < -0.4 is 0 Å². The highest BCUT2D eigenvalue weighted by molar-refractivity contribution is 5.98. The smallest absolute Gasteiger partial charge is 0.410 e. The van der Waals surface area contributed by atoms with Gasteiger partial charge in [0.15, 0.2) is 0 Å². The molecule has 7 heteroatoms. The van der Waals surface area contributed by atoms with Crippen molar-refractivity contribution < 1.29 is 23.9 Å². The van der Waals surface area contributed by atoms with Crippen molar-refractivity contribution in [3.63, 3.8) is 0 Å². The molecule has 1 aliphatic heterocycles. The summed E-state index contributed by atoms with van der Waals surface area (Å²) < 4.78 is 10.6. The van der Waals surface area contributed by atoms with Gasteiger partial charge >= 0.3 is 12.1 Å². The number of amides is 2. The Labute approximate surface area is 166 Å². The van der Waals surface area contributed by atoms with Gasteiger partial charge < -0.3 is 19.3 Å². The maximum Gasteiger partial charge on any atom is 0.410 e. The van der Waals surface area contributed by atoms with E-state index >= 15 is 0 Å². The summed E-state index contributed by atoms with van der Waals surface area (Å²) in [5, 5.41) is 0. The maximum absolute atomic E-state index is 13.2. The van der Waals surface area contributed by atoms with E-state index in [0.717, 1.165) is 11.1 Å². The average molecular weight is 390 g/mol. The summed E-state index contributed by atoms with van der Waals surface area (Å²) in [4.78, 5) is 41.1. The van der Waals surface area contributed by atoms with Crippen LogP contribution in [0.3, 0.4) is 0 Å². The van der Waals surface area contributed by atoms with Gasteiger partial charge in [-0.05, 0) is 58.7 Å². The Morgan fingerprint density at radius 3 is 2.43 bits per heavy atom. The zero-order valence-corrected chi connectivity index (χ0v) is 17.6. The van der Waals surface area contributed by atoms with Crippen LogP contribution in [0.15, 0.2) is 18.2 Å². The zero-order valence-electron chi connectivity index (χ0n) is 17.6. The fourth-order valence-corrected chi connectivity index (χ4v) is 3.10. The van der Waals surface area contributed by atoms with Crippen LogP contribution in [-0.4, -0.2) is 65.7 Å². The van der Waals surface area contributed by atoms with Crippen molar-refractivity contribution in [3.8, 4) is 0 Å². The topological polar surface area (TPSA) is 76.2 Å². The van der Waals surface area contributed by atoms with Gasteiger partial charge in [-0.15, -0.1) is 0 Å². The van der Waals surface area contributed by atoms with Crippen LogP contribution in [-0.2, 0) is 14.3 Å². The lowest BCUT2D eigenvalue weighted by molar-refractivity contribution is -0.150. The van der Waals surface area contributed by atoms with E-state index in [1.165, 1.54) is 9.80 Å². The summed E-state index contributed by atoms with van der Waals surface area (Å²) in [5.41, 5.74) is 1.80. The second-order valence-corrected chi connectivity index (χ2v) is 7.94. The molecule has 2 amide bonds. The van der Waals surface area contributed by atoms with Gasteiger partial charge in [0, 0.05) is 18.7 Å². The number of esters is 1. The first-order chi connectivity index (χ1) is 13.0. The first-order valence-electron chi connectivity index (χ1n) is 9.57. The molecule has 0 saturated carbocycles. The third-order valence-electron chi connectivity index (χ3n) is 4.69. The highest BCUT2D eigenvalue weighted by Crippen LogP contribution is 2.21. The quantitative estimate of drug-likeness (QED) is 0.742. The zero-order chi connectivity index (χ0) is 21.1. The van der Waals surface area contributed by atoms with Crippen molar-refractivity contribution in [1.82, 2.24) is 9.80 Å². The first kappa shape index (κ1) is 21.7. The van der Waals surface area contributed by atoms with Gasteiger partial charge in [-0.1, -0.05) is 12.1 Å². The minimum Gasteiger partial charge on any atom is -0.464 e. The molecule has 1 aromatic carbocycles. The van der Waals surface area contributed by atoms with Crippen molar-refractivity contribution in [2.75, 3.05) is 26.2 Å². The van der Waals surface area contributed by atoms with E-state index in [1.54, 1.807) is 33.8 Å². The molecule has 1 atom stereocenters. The molecule has 2 rings (SSSR count). The number of carbonyl (C=O) groups is 3. The predicted molar refractivity (Wildman–Crippen MR) is 105 cm³/mol. The van der Waals surface area contributed by atoms with Crippen molar-refractivity contribution in [3.05, 3.63) is 34.9 Å². The molecule has 1 aromatic rings. The number of piperazine rings is 1. The van der Waals surface area contributed by atoms with Gasteiger partial charge in [0.1, 0.15) is 11.6 Å². The van der Waals surface area contributed by atoms with E-state index in [2.05, 4.69) is 0 Å². The molecular formula is C21H30N2O5. The number of hydrogen-bond donors (Lipinski definition) is 0. The Hall–Kier alpha value is -2.57. The molecule has 28 heavy (non-hydrogen) atoms. The third-order valence-corrected chi connectivity index (χ3v) is 4.69. The number of carbonyl (C=O) groups excluding carboxylic acids is 3. The van der Waals surface area contributed by atoms with E-state index in [0.29, 0.717) is 12.1 Å². The molecule has 0 bridgehead atoms. The maximum atomic E-state index is 13.2. The summed E-state index contributed by atoms with van der Waals surface area (Å²) in [7, 11) is 0. The van der Waals surface area contributed by atoms with Crippen LogP contribution in [0.2, 0.25) is 0 Å². The Morgan fingerprint density at radius 1 is 1.14 bits per heavy atom. The van der Waals surface area contributed by atoms with Crippen molar-refractivity contribution in [2.45, 2.75) is 53.2 Å². The Kier molecular flexibility index (Phi) is 6.69. The lowest BCUT2D eigenvalue weighted by atomic mass is 10.0. The fourth-order valence-electron chi connectivity index (χ4n) is 3.10. The van der Waals surface area contributed by atoms with Crippen LogP contribution in [0, 0.1) is 13.8 Å². The van der Waals surface area contributed by atoms with Crippen molar-refractivity contribution in [2.24, 2.45) is 0 Å². The molecule has 154 valence electrons. The predicted octanol–water partition coefficient (Wildman–Crippen LogP) is 2.93. The summed E-state index contributed by atoms with van der Waals surface area (Å²) >= 11 is 0. The van der Waals surface area contributed by atoms with Crippen molar-refractivity contribution >= 4 is 18.0 Å². The largest absolute Gasteiger partial charge is 0.464 e. The monoisotopic (exact) mass is 390 g/mol. The van der Waals surface area contributed by atoms with Gasteiger partial charge in [-0.3, -0.25) is 4.79 Å². The van der Waals surface area contributed by atoms with E-state index in [-0.39, 0.29) is 25.6 Å². The SMILES string of the molecule is CCOC(=O)[C@@H]1CN(C(=O)OC(C)(C)C)CCN1C(=O)c1cccc(C)c1C. The van der Waals surface area contributed by atoms with Gasteiger partial charge in [0.2, 0.25) is 0 Å². The molecule has 0 aliphatic carbocycles. The molecule has 0 radical (unpaired) electrons. The fraction of sp³-hybridized carbons (Fsp3) is 0.571. The molecule has 0 unspecified atom stereocenters. The molecule has 0 N–H and O–H groups in total. The van der Waals surface area contributed by atoms with Crippen LogP contribution >= 0.6 is 0 Å². The Morgan fingerprint density at radius 2 is 1.82 bits per heavy atom. The number of ether oxygens (including phenoxy) is 2. The number of rotatable bonds is 3. The summed E-state index contributed by atoms with van der Waals surface area (Å²) in [5.74, 6) is -0.752. The van der Waals surface area contributed by atoms with Crippen LogP contribution in [0.1, 0.15) is 49.2 Å². The lowest BCUT2D eigenvalue weighted by Gasteiger charge is -2.40. The van der Waals surface area contributed by atoms with E-state index < -0.39 is 23.7 Å². The van der Waals surface area contributed by atoms with E-state index in [4.69, 9.17) is 9.47 Å². The molecule has 7 nitrogen and oxygen atoms in total. The van der Waals surface area contributed by atoms with Crippen LogP contribution in [0.5, 0.6) is 0 Å². The second kappa shape index (κ2) is 8.63. The molecule has 0 spiro atoms. The van der Waals surface area contributed by atoms with Gasteiger partial charge in [-0.2, -0.15) is 0 Å². The molecule has 1 fully saturated rings. The third kappa shape index (κ3) is 5.03. The van der Waals surface area contributed by atoms with Crippen molar-refractivity contribution in [1.29, 1.82) is 0 Å². The van der Waals surface area contributed by atoms with Crippen LogP contribution in [0.4, 0.5) is 4.79 Å². The van der Waals surface area contributed by atoms with Gasteiger partial charge in [0.05, 0.1) is 13.2 Å². The normalized spacial score (nSPS) is 17.3. The highest BCUT2D eigenvalue weighted by atomic mass is 16.6. The Bertz CT molecular complexity index is 754. The highest BCUT2D eigenvalue weighted by Gasteiger charge is 2.39. The van der Waals surface area contributed by atoms with Gasteiger partial charge in [0.25, 0.3) is 5.91 Å². The first-order valence-corrected chi connectivity index (χ1v) is 9.57. The van der Waals surface area contributed by atoms with Gasteiger partial charge in [-0.25, -0.2) is 9.59 Å².